The van der Waals surface area contributed by atoms with E-state index < -0.39 is 0 Å². The molecule has 14 heavy (non-hydrogen) atoms. The Morgan fingerprint density at radius 2 is 2.21 bits per heavy atom. The van der Waals surface area contributed by atoms with Gasteiger partial charge in [-0.15, -0.1) is 23.1 Å². The molecule has 2 rings (SSSR count). The fourth-order valence-corrected chi connectivity index (χ4v) is 3.24. The number of thioether (sulfide) groups is 1. The average Bonchev–Trinajstić information content (AvgIpc) is 2.59. The van der Waals surface area contributed by atoms with E-state index in [0.29, 0.717) is 0 Å². The van der Waals surface area contributed by atoms with Crippen LogP contribution in [-0.2, 0) is 6.61 Å². The van der Waals surface area contributed by atoms with E-state index in [1.54, 1.807) is 23.1 Å². The lowest BCUT2D eigenvalue weighted by Crippen LogP contribution is -1.86. The molecule has 0 atom stereocenters. The monoisotopic (exact) mass is 224 g/mol. The number of benzene rings is 1. The summed E-state index contributed by atoms with van der Waals surface area (Å²) >= 11 is 3.47. The van der Waals surface area contributed by atoms with Crippen LogP contribution in [0, 0.1) is 6.92 Å². The third-order valence-corrected chi connectivity index (χ3v) is 4.07. The van der Waals surface area contributed by atoms with Crippen molar-refractivity contribution >= 4 is 33.2 Å². The molecule has 0 spiro atoms. The second-order valence-electron chi connectivity index (χ2n) is 3.24. The van der Waals surface area contributed by atoms with Crippen molar-refractivity contribution in [1.29, 1.82) is 0 Å². The van der Waals surface area contributed by atoms with Crippen LogP contribution in [0.5, 0.6) is 0 Å². The number of aryl methyl sites for hydroxylation is 1. The zero-order chi connectivity index (χ0) is 10.1. The van der Waals surface area contributed by atoms with E-state index in [1.807, 2.05) is 0 Å². The van der Waals surface area contributed by atoms with Crippen molar-refractivity contribution in [3.8, 4) is 0 Å². The van der Waals surface area contributed by atoms with Gasteiger partial charge in [0.15, 0.2) is 0 Å². The Bertz CT molecular complexity index is 460. The van der Waals surface area contributed by atoms with Gasteiger partial charge >= 0.3 is 0 Å². The molecule has 1 nitrogen and oxygen atoms in total. The van der Waals surface area contributed by atoms with Crippen molar-refractivity contribution < 1.29 is 5.11 Å². The lowest BCUT2D eigenvalue weighted by Gasteiger charge is -2.04. The lowest BCUT2D eigenvalue weighted by atomic mass is 10.1. The second kappa shape index (κ2) is 3.93. The van der Waals surface area contributed by atoms with Gasteiger partial charge in [-0.1, -0.05) is 0 Å². The number of rotatable bonds is 2. The average molecular weight is 224 g/mol. The van der Waals surface area contributed by atoms with Crippen LogP contribution in [0.1, 0.15) is 11.1 Å². The minimum Gasteiger partial charge on any atom is -0.392 e. The van der Waals surface area contributed by atoms with Crippen molar-refractivity contribution in [2.75, 3.05) is 6.26 Å². The molecule has 0 saturated carbocycles. The zero-order valence-corrected chi connectivity index (χ0v) is 9.84. The Kier molecular flexibility index (Phi) is 2.81. The first-order valence-electron chi connectivity index (χ1n) is 4.42. The Balaban J connectivity index is 2.76. The van der Waals surface area contributed by atoms with E-state index >= 15 is 0 Å². The van der Waals surface area contributed by atoms with Crippen molar-refractivity contribution in [1.82, 2.24) is 0 Å². The molecule has 0 amide bonds. The molecule has 74 valence electrons. The van der Waals surface area contributed by atoms with Gasteiger partial charge in [-0.3, -0.25) is 0 Å². The molecule has 1 aromatic carbocycles. The molecule has 1 heterocycles. The summed E-state index contributed by atoms with van der Waals surface area (Å²) in [4.78, 5) is 1.23. The van der Waals surface area contributed by atoms with E-state index in [-0.39, 0.29) is 6.61 Å². The molecule has 1 N–H and O–H groups in total. The summed E-state index contributed by atoms with van der Waals surface area (Å²) in [6, 6.07) is 4.27. The van der Waals surface area contributed by atoms with Crippen molar-refractivity contribution in [2.45, 2.75) is 18.4 Å². The standard InChI is InChI=1S/C11H12OS2/c1-7-6-14-10-4-9(13-2)3-8(5-12)11(7)10/h3-4,6,12H,5H2,1-2H3. The molecule has 3 heteroatoms. The minimum absolute atomic E-state index is 0.127. The van der Waals surface area contributed by atoms with Gasteiger partial charge in [-0.2, -0.15) is 0 Å². The van der Waals surface area contributed by atoms with Crippen LogP contribution < -0.4 is 0 Å². The molecule has 1 aromatic heterocycles. The lowest BCUT2D eigenvalue weighted by molar-refractivity contribution is 0.283. The quantitative estimate of drug-likeness (QED) is 0.789. The number of hydrogen-bond donors (Lipinski definition) is 1. The van der Waals surface area contributed by atoms with Crippen LogP contribution in [0.3, 0.4) is 0 Å². The van der Waals surface area contributed by atoms with Crippen LogP contribution in [0.2, 0.25) is 0 Å². The Hall–Kier alpha value is -0.510. The third-order valence-electron chi connectivity index (χ3n) is 2.32. The third kappa shape index (κ3) is 1.56. The summed E-state index contributed by atoms with van der Waals surface area (Å²) in [5.74, 6) is 0. The SMILES string of the molecule is CSc1cc(CO)c2c(C)csc2c1. The number of hydrogen-bond acceptors (Lipinski definition) is 3. The maximum atomic E-state index is 9.29. The normalized spacial score (nSPS) is 11.1. The van der Waals surface area contributed by atoms with Crippen molar-refractivity contribution in [3.63, 3.8) is 0 Å². The second-order valence-corrected chi connectivity index (χ2v) is 5.03. The minimum atomic E-state index is 0.127. The molecule has 0 radical (unpaired) electrons. The van der Waals surface area contributed by atoms with Gasteiger partial charge in [0.2, 0.25) is 0 Å². The van der Waals surface area contributed by atoms with Crippen molar-refractivity contribution in [3.05, 3.63) is 28.6 Å². The highest BCUT2D eigenvalue weighted by Gasteiger charge is 2.07. The summed E-state index contributed by atoms with van der Waals surface area (Å²) in [6.45, 7) is 2.22. The van der Waals surface area contributed by atoms with E-state index in [1.165, 1.54) is 20.5 Å². The molecule has 0 aliphatic rings. The Morgan fingerprint density at radius 1 is 1.43 bits per heavy atom. The molecule has 0 unspecified atom stereocenters. The van der Waals surface area contributed by atoms with Gasteiger partial charge in [0.1, 0.15) is 0 Å². The fourth-order valence-electron chi connectivity index (χ4n) is 1.64. The van der Waals surface area contributed by atoms with E-state index in [9.17, 15) is 5.11 Å². The van der Waals surface area contributed by atoms with Crippen LogP contribution in [0.15, 0.2) is 22.4 Å². The summed E-state index contributed by atoms with van der Waals surface area (Å²) in [5.41, 5.74) is 2.31. The molecule has 0 aliphatic carbocycles. The number of fused-ring (bicyclic) bond motifs is 1. The highest BCUT2D eigenvalue weighted by molar-refractivity contribution is 7.98. The summed E-state index contributed by atoms with van der Waals surface area (Å²) in [5, 5.41) is 12.7. The first kappa shape index (κ1) is 10.0. The largest absolute Gasteiger partial charge is 0.392 e. The smallest absolute Gasteiger partial charge is 0.0688 e. The first-order chi connectivity index (χ1) is 6.76. The molecule has 0 aliphatic heterocycles. The fraction of sp³-hybridized carbons (Fsp3) is 0.273. The topological polar surface area (TPSA) is 20.2 Å². The number of aliphatic hydroxyl groups excluding tert-OH is 1. The first-order valence-corrected chi connectivity index (χ1v) is 6.52. The molecule has 0 bridgehead atoms. The maximum Gasteiger partial charge on any atom is 0.0688 e. The van der Waals surface area contributed by atoms with Crippen LogP contribution >= 0.6 is 23.1 Å². The van der Waals surface area contributed by atoms with Gasteiger partial charge < -0.3 is 5.11 Å². The molecule has 2 aromatic rings. The van der Waals surface area contributed by atoms with Gasteiger partial charge in [0.05, 0.1) is 6.61 Å². The Labute approximate surface area is 91.8 Å². The summed E-state index contributed by atoms with van der Waals surface area (Å²) in [6.07, 6.45) is 2.06. The van der Waals surface area contributed by atoms with Crippen LogP contribution in [0.25, 0.3) is 10.1 Å². The number of aliphatic hydroxyl groups is 1. The van der Waals surface area contributed by atoms with E-state index in [0.717, 1.165) is 5.56 Å². The Morgan fingerprint density at radius 3 is 2.86 bits per heavy atom. The molecule has 0 fully saturated rings. The summed E-state index contributed by atoms with van der Waals surface area (Å²) < 4.78 is 1.28. The van der Waals surface area contributed by atoms with Gasteiger partial charge in [-0.05, 0) is 41.8 Å². The predicted octanol–water partition coefficient (Wildman–Crippen LogP) is 3.42. The van der Waals surface area contributed by atoms with Crippen LogP contribution in [0.4, 0.5) is 0 Å². The van der Waals surface area contributed by atoms with Gasteiger partial charge in [0.25, 0.3) is 0 Å². The predicted molar refractivity (Wildman–Crippen MR) is 64.3 cm³/mol. The number of thiophene rings is 1. The van der Waals surface area contributed by atoms with E-state index in [4.69, 9.17) is 0 Å². The molecule has 0 saturated heterocycles. The van der Waals surface area contributed by atoms with E-state index in [2.05, 4.69) is 30.7 Å². The highest BCUT2D eigenvalue weighted by atomic mass is 32.2. The zero-order valence-electron chi connectivity index (χ0n) is 8.20. The summed E-state index contributed by atoms with van der Waals surface area (Å²) in [7, 11) is 0. The van der Waals surface area contributed by atoms with Gasteiger partial charge in [0, 0.05) is 15.0 Å². The maximum absolute atomic E-state index is 9.29. The highest BCUT2D eigenvalue weighted by Crippen LogP contribution is 2.32. The van der Waals surface area contributed by atoms with Crippen LogP contribution in [-0.4, -0.2) is 11.4 Å². The van der Waals surface area contributed by atoms with Crippen molar-refractivity contribution in [2.24, 2.45) is 0 Å². The molecular weight excluding hydrogens is 212 g/mol. The van der Waals surface area contributed by atoms with Gasteiger partial charge in [-0.25, -0.2) is 0 Å². The molecular formula is C11H12OS2.